The number of aliphatic hydroxyl groups excluding tert-OH is 1. The van der Waals surface area contributed by atoms with Gasteiger partial charge in [-0.05, 0) is 54.4 Å². The van der Waals surface area contributed by atoms with Crippen molar-refractivity contribution in [1.29, 1.82) is 0 Å². The molecule has 1 amide bonds. The maximum Gasteiger partial charge on any atom is 0.295 e. The second kappa shape index (κ2) is 9.97. The van der Waals surface area contributed by atoms with Crippen molar-refractivity contribution < 1.29 is 24.2 Å². The topological polar surface area (TPSA) is 89.0 Å². The van der Waals surface area contributed by atoms with E-state index in [0.717, 1.165) is 5.56 Å². The van der Waals surface area contributed by atoms with Gasteiger partial charge in [-0.15, -0.1) is 0 Å². The smallest absolute Gasteiger partial charge is 0.295 e. The maximum atomic E-state index is 13.3. The third kappa shape index (κ3) is 4.47. The number of hydrogen-bond acceptors (Lipinski definition) is 6. The summed E-state index contributed by atoms with van der Waals surface area (Å²) in [6, 6.07) is 14.6. The Balaban J connectivity index is 1.89. The number of Topliss-reactive ketones (excluding diaryl/α,β-unsaturated/α-hetero) is 1. The second-order valence-electron chi connectivity index (χ2n) is 7.64. The zero-order valence-corrected chi connectivity index (χ0v) is 19.5. The Kier molecular flexibility index (Phi) is 6.84. The SMILES string of the molecule is CCOc1ccc(Cl)c(/C(O)=C2\C(=O)C(=O)N(Cc3cccnc3)C2c2cccc(OC)c2)c1. The molecule has 0 radical (unpaired) electrons. The molecule has 1 N–H and O–H groups in total. The number of likely N-dealkylation sites (tertiary alicyclic amines) is 1. The fraction of sp³-hybridized carbons (Fsp3) is 0.192. The van der Waals surface area contributed by atoms with Gasteiger partial charge in [0.15, 0.2) is 0 Å². The number of ketones is 1. The number of amides is 1. The summed E-state index contributed by atoms with van der Waals surface area (Å²) in [6.07, 6.45) is 3.26. The lowest BCUT2D eigenvalue weighted by Crippen LogP contribution is -2.29. The number of methoxy groups -OCH3 is 1. The van der Waals surface area contributed by atoms with Crippen molar-refractivity contribution in [3.05, 3.63) is 94.3 Å². The third-order valence-electron chi connectivity index (χ3n) is 5.53. The summed E-state index contributed by atoms with van der Waals surface area (Å²) in [6.45, 7) is 2.38. The first-order valence-corrected chi connectivity index (χ1v) is 11.1. The van der Waals surface area contributed by atoms with Crippen LogP contribution in [0.2, 0.25) is 5.02 Å². The molecule has 4 rings (SSSR count). The van der Waals surface area contributed by atoms with E-state index in [1.54, 1.807) is 60.9 Å². The fourth-order valence-corrected chi connectivity index (χ4v) is 4.18. The number of rotatable bonds is 7. The number of carbonyl (C=O) groups excluding carboxylic acids is 2. The minimum absolute atomic E-state index is 0.0577. The summed E-state index contributed by atoms with van der Waals surface area (Å²) in [5.41, 5.74) is 1.51. The molecule has 1 aliphatic heterocycles. The van der Waals surface area contributed by atoms with Crippen LogP contribution in [0.3, 0.4) is 0 Å². The first-order valence-electron chi connectivity index (χ1n) is 10.7. The van der Waals surface area contributed by atoms with E-state index in [2.05, 4.69) is 4.98 Å². The van der Waals surface area contributed by atoms with Gasteiger partial charge in [0, 0.05) is 24.5 Å². The van der Waals surface area contributed by atoms with Crippen LogP contribution in [0.5, 0.6) is 11.5 Å². The molecule has 0 spiro atoms. The lowest BCUT2D eigenvalue weighted by molar-refractivity contribution is -0.140. The van der Waals surface area contributed by atoms with Crippen molar-refractivity contribution in [1.82, 2.24) is 9.88 Å². The molecule has 1 atom stereocenters. The van der Waals surface area contributed by atoms with E-state index in [4.69, 9.17) is 21.1 Å². The highest BCUT2D eigenvalue weighted by Gasteiger charge is 2.46. The average Bonchev–Trinajstić information content (AvgIpc) is 3.10. The molecule has 0 aliphatic carbocycles. The zero-order valence-electron chi connectivity index (χ0n) is 18.7. The van der Waals surface area contributed by atoms with Crippen molar-refractivity contribution in [3.63, 3.8) is 0 Å². The number of halogens is 1. The van der Waals surface area contributed by atoms with Crippen LogP contribution in [0.1, 0.15) is 29.7 Å². The molecule has 8 heteroatoms. The lowest BCUT2D eigenvalue weighted by Gasteiger charge is -2.25. The highest BCUT2D eigenvalue weighted by atomic mass is 35.5. The number of nitrogens with zero attached hydrogens (tertiary/aromatic N) is 2. The Hall–Kier alpha value is -3.84. The van der Waals surface area contributed by atoms with E-state index in [1.165, 1.54) is 12.0 Å². The van der Waals surface area contributed by atoms with Crippen molar-refractivity contribution in [2.45, 2.75) is 19.5 Å². The molecule has 0 bridgehead atoms. The normalized spacial score (nSPS) is 17.1. The maximum absolute atomic E-state index is 13.3. The van der Waals surface area contributed by atoms with Gasteiger partial charge in [-0.3, -0.25) is 14.6 Å². The fourth-order valence-electron chi connectivity index (χ4n) is 3.98. The number of pyridine rings is 1. The number of ether oxygens (including phenoxy) is 2. The standard InChI is InChI=1S/C26H23ClN2O5/c1-3-34-19-9-10-21(27)20(13-19)24(30)22-23(17-7-4-8-18(12-17)33-2)29(26(32)25(22)31)15-16-6-5-11-28-14-16/h4-14,23,30H,3,15H2,1-2H3/b24-22+. The molecule has 34 heavy (non-hydrogen) atoms. The Morgan fingerprint density at radius 3 is 2.65 bits per heavy atom. The van der Waals surface area contributed by atoms with Gasteiger partial charge in [-0.2, -0.15) is 0 Å². The first kappa shape index (κ1) is 23.3. The van der Waals surface area contributed by atoms with E-state index in [1.807, 2.05) is 13.0 Å². The van der Waals surface area contributed by atoms with Gasteiger partial charge >= 0.3 is 0 Å². The predicted octanol–water partition coefficient (Wildman–Crippen LogP) is 4.76. The molecule has 1 saturated heterocycles. The van der Waals surface area contributed by atoms with Crippen molar-refractivity contribution >= 4 is 29.1 Å². The van der Waals surface area contributed by atoms with E-state index >= 15 is 0 Å². The number of aliphatic hydroxyl groups is 1. The third-order valence-corrected chi connectivity index (χ3v) is 5.86. The van der Waals surface area contributed by atoms with Crippen LogP contribution in [-0.2, 0) is 16.1 Å². The molecule has 0 saturated carbocycles. The van der Waals surface area contributed by atoms with Crippen LogP contribution >= 0.6 is 11.6 Å². The summed E-state index contributed by atoms with van der Waals surface area (Å²) in [5, 5.41) is 11.5. The quantitative estimate of drug-likeness (QED) is 0.299. The van der Waals surface area contributed by atoms with E-state index in [0.29, 0.717) is 23.7 Å². The molecule has 1 aromatic heterocycles. The molecule has 3 aromatic rings. The number of aromatic nitrogens is 1. The molecule has 2 aromatic carbocycles. The Morgan fingerprint density at radius 1 is 1.12 bits per heavy atom. The van der Waals surface area contributed by atoms with Gasteiger partial charge in [0.25, 0.3) is 11.7 Å². The Bertz CT molecular complexity index is 1260. The first-order chi connectivity index (χ1) is 16.4. The molecular weight excluding hydrogens is 456 g/mol. The van der Waals surface area contributed by atoms with E-state index in [-0.39, 0.29) is 28.5 Å². The van der Waals surface area contributed by atoms with Crippen molar-refractivity contribution in [3.8, 4) is 11.5 Å². The van der Waals surface area contributed by atoms with Crippen LogP contribution in [0.15, 0.2) is 72.6 Å². The molecule has 7 nitrogen and oxygen atoms in total. The molecule has 2 heterocycles. The highest BCUT2D eigenvalue weighted by Crippen LogP contribution is 2.42. The highest BCUT2D eigenvalue weighted by molar-refractivity contribution is 6.47. The zero-order chi connectivity index (χ0) is 24.2. The molecule has 1 aliphatic rings. The number of hydrogen-bond donors (Lipinski definition) is 1. The van der Waals surface area contributed by atoms with Gasteiger partial charge in [-0.25, -0.2) is 0 Å². The molecular formula is C26H23ClN2O5. The van der Waals surface area contributed by atoms with Gasteiger partial charge < -0.3 is 19.5 Å². The largest absolute Gasteiger partial charge is 0.507 e. The summed E-state index contributed by atoms with van der Waals surface area (Å²) in [5.74, 6) is -0.856. The van der Waals surface area contributed by atoms with Gasteiger partial charge in [0.2, 0.25) is 0 Å². The van der Waals surface area contributed by atoms with Gasteiger partial charge in [0.05, 0.1) is 30.4 Å². The molecule has 1 unspecified atom stereocenters. The monoisotopic (exact) mass is 478 g/mol. The van der Waals surface area contributed by atoms with E-state index in [9.17, 15) is 14.7 Å². The average molecular weight is 479 g/mol. The summed E-state index contributed by atoms with van der Waals surface area (Å²) < 4.78 is 10.9. The minimum Gasteiger partial charge on any atom is -0.507 e. The van der Waals surface area contributed by atoms with Crippen LogP contribution in [-0.4, -0.2) is 40.4 Å². The lowest BCUT2D eigenvalue weighted by atomic mass is 9.95. The second-order valence-corrected chi connectivity index (χ2v) is 8.05. The number of carbonyl (C=O) groups is 2. The Morgan fingerprint density at radius 2 is 1.94 bits per heavy atom. The van der Waals surface area contributed by atoms with Crippen molar-refractivity contribution in [2.24, 2.45) is 0 Å². The molecule has 174 valence electrons. The van der Waals surface area contributed by atoms with Crippen LogP contribution < -0.4 is 9.47 Å². The van der Waals surface area contributed by atoms with Crippen molar-refractivity contribution in [2.75, 3.05) is 13.7 Å². The summed E-state index contributed by atoms with van der Waals surface area (Å²) >= 11 is 6.37. The van der Waals surface area contributed by atoms with Crippen LogP contribution in [0, 0.1) is 0 Å². The van der Waals surface area contributed by atoms with Gasteiger partial charge in [-0.1, -0.05) is 29.8 Å². The Labute approximate surface area is 202 Å². The van der Waals surface area contributed by atoms with Crippen LogP contribution in [0.25, 0.3) is 5.76 Å². The predicted molar refractivity (Wildman–Crippen MR) is 128 cm³/mol. The number of benzene rings is 2. The van der Waals surface area contributed by atoms with E-state index < -0.39 is 17.7 Å². The summed E-state index contributed by atoms with van der Waals surface area (Å²) in [7, 11) is 1.53. The summed E-state index contributed by atoms with van der Waals surface area (Å²) in [4.78, 5) is 31.9. The van der Waals surface area contributed by atoms with Gasteiger partial charge in [0.1, 0.15) is 17.3 Å². The molecule has 1 fully saturated rings. The minimum atomic E-state index is -0.859. The van der Waals surface area contributed by atoms with Crippen LogP contribution in [0.4, 0.5) is 0 Å².